The van der Waals surface area contributed by atoms with E-state index < -0.39 is 29.3 Å². The van der Waals surface area contributed by atoms with Crippen molar-refractivity contribution in [3.63, 3.8) is 0 Å². The van der Waals surface area contributed by atoms with Crippen molar-refractivity contribution in [1.82, 2.24) is 4.90 Å². The number of piperidine rings is 1. The maximum absolute atomic E-state index is 13.8. The maximum atomic E-state index is 13.8. The van der Waals surface area contributed by atoms with E-state index in [0.717, 1.165) is 12.1 Å². The largest absolute Gasteiger partial charge is 0.444 e. The minimum absolute atomic E-state index is 0.0540. The Balaban J connectivity index is 2.02. The van der Waals surface area contributed by atoms with Crippen LogP contribution >= 0.6 is 0 Å². The topological polar surface area (TPSA) is 87.7 Å². The summed E-state index contributed by atoms with van der Waals surface area (Å²) in [5.41, 5.74) is -0.311. The van der Waals surface area contributed by atoms with E-state index in [1.165, 1.54) is 17.0 Å². The number of carbonyl (C=O) groups is 3. The van der Waals surface area contributed by atoms with Gasteiger partial charge in [-0.15, -0.1) is 0 Å². The molecule has 1 aromatic carbocycles. The van der Waals surface area contributed by atoms with Crippen molar-refractivity contribution in [2.24, 2.45) is 5.92 Å². The highest BCUT2D eigenvalue weighted by atomic mass is 19.1. The molecule has 0 unspecified atom stereocenters. The molecule has 0 spiro atoms. The molecule has 28 heavy (non-hydrogen) atoms. The van der Waals surface area contributed by atoms with E-state index in [-0.39, 0.29) is 18.1 Å². The lowest BCUT2D eigenvalue weighted by Gasteiger charge is -2.33. The fourth-order valence-corrected chi connectivity index (χ4v) is 2.81. The van der Waals surface area contributed by atoms with Crippen molar-refractivity contribution in [3.05, 3.63) is 36.7 Å². The number of carbonyl (C=O) groups excluding carboxylic acids is 3. The summed E-state index contributed by atoms with van der Waals surface area (Å²) in [6.45, 7) is 9.47. The van der Waals surface area contributed by atoms with E-state index in [4.69, 9.17) is 4.74 Å². The van der Waals surface area contributed by atoms with E-state index in [2.05, 4.69) is 17.2 Å². The van der Waals surface area contributed by atoms with Gasteiger partial charge in [-0.25, -0.2) is 9.18 Å². The lowest BCUT2D eigenvalue weighted by Crippen LogP contribution is -2.45. The fraction of sp³-hybridized carbons (Fsp3) is 0.450. The molecular formula is C20H26FN3O4. The molecule has 0 saturated carbocycles. The first kappa shape index (κ1) is 21.4. The highest BCUT2D eigenvalue weighted by Crippen LogP contribution is 2.23. The zero-order valence-corrected chi connectivity index (χ0v) is 16.4. The second-order valence-electron chi connectivity index (χ2n) is 7.64. The number of nitrogens with zero attached hydrogens (tertiary/aromatic N) is 1. The van der Waals surface area contributed by atoms with E-state index >= 15 is 0 Å². The van der Waals surface area contributed by atoms with E-state index in [9.17, 15) is 18.8 Å². The molecule has 0 bridgehead atoms. The lowest BCUT2D eigenvalue weighted by molar-refractivity contribution is -0.121. The average Bonchev–Trinajstić information content (AvgIpc) is 2.63. The zero-order valence-electron chi connectivity index (χ0n) is 16.4. The van der Waals surface area contributed by atoms with Crippen molar-refractivity contribution < 1.29 is 23.5 Å². The van der Waals surface area contributed by atoms with Gasteiger partial charge in [-0.3, -0.25) is 9.59 Å². The molecule has 0 aliphatic carbocycles. The summed E-state index contributed by atoms with van der Waals surface area (Å²) in [6.07, 6.45) is 1.90. The van der Waals surface area contributed by atoms with Crippen LogP contribution in [0.1, 0.15) is 33.6 Å². The molecule has 152 valence electrons. The molecule has 1 aromatic rings. The Morgan fingerprint density at radius 1 is 1.29 bits per heavy atom. The first-order valence-corrected chi connectivity index (χ1v) is 9.11. The highest BCUT2D eigenvalue weighted by Gasteiger charge is 2.31. The SMILES string of the molecule is C=CC(=O)Nc1cc(NC(=O)[C@H]2CCCN(C(=O)OC(C)(C)C)C2)ccc1F. The summed E-state index contributed by atoms with van der Waals surface area (Å²) in [7, 11) is 0. The van der Waals surface area contributed by atoms with Gasteiger partial charge in [0.15, 0.2) is 0 Å². The summed E-state index contributed by atoms with van der Waals surface area (Å²) < 4.78 is 19.2. The van der Waals surface area contributed by atoms with Crippen LogP contribution in [0.25, 0.3) is 0 Å². The molecule has 2 N–H and O–H groups in total. The number of ether oxygens (including phenoxy) is 1. The van der Waals surface area contributed by atoms with Gasteiger partial charge in [-0.2, -0.15) is 0 Å². The van der Waals surface area contributed by atoms with Gasteiger partial charge >= 0.3 is 6.09 Å². The third-order valence-electron chi connectivity index (χ3n) is 4.12. The summed E-state index contributed by atoms with van der Waals surface area (Å²) in [4.78, 5) is 37.8. The number of halogens is 1. The van der Waals surface area contributed by atoms with E-state index in [1.54, 1.807) is 20.8 Å². The standard InChI is InChI=1S/C20H26FN3O4/c1-5-17(25)23-16-11-14(8-9-15(16)21)22-18(26)13-7-6-10-24(12-13)19(27)28-20(2,3)4/h5,8-9,11,13H,1,6-7,10,12H2,2-4H3,(H,22,26)(H,23,25)/t13-/m0/s1. The third-order valence-corrected chi connectivity index (χ3v) is 4.12. The van der Waals surface area contributed by atoms with Crippen LogP contribution in [0.5, 0.6) is 0 Å². The van der Waals surface area contributed by atoms with Crippen LogP contribution in [-0.4, -0.2) is 41.5 Å². The second kappa shape index (κ2) is 8.86. The predicted octanol–water partition coefficient (Wildman–Crippen LogP) is 3.54. The summed E-state index contributed by atoms with van der Waals surface area (Å²) in [5, 5.41) is 5.06. The van der Waals surface area contributed by atoms with Gasteiger partial charge in [0.2, 0.25) is 11.8 Å². The number of hydrogen-bond donors (Lipinski definition) is 2. The number of amides is 3. The maximum Gasteiger partial charge on any atom is 0.410 e. The molecule has 8 heteroatoms. The summed E-state index contributed by atoms with van der Waals surface area (Å²) in [5.74, 6) is -1.86. The molecule has 2 rings (SSSR count). The Bertz CT molecular complexity index is 773. The third kappa shape index (κ3) is 6.07. The second-order valence-corrected chi connectivity index (χ2v) is 7.64. The van der Waals surface area contributed by atoms with Crippen LogP contribution in [0, 0.1) is 11.7 Å². The Morgan fingerprint density at radius 3 is 2.64 bits per heavy atom. The van der Waals surface area contributed by atoms with Crippen LogP contribution in [0.15, 0.2) is 30.9 Å². The monoisotopic (exact) mass is 391 g/mol. The number of rotatable bonds is 4. The van der Waals surface area contributed by atoms with Crippen LogP contribution in [-0.2, 0) is 14.3 Å². The van der Waals surface area contributed by atoms with Gasteiger partial charge in [0.1, 0.15) is 11.4 Å². The van der Waals surface area contributed by atoms with Crippen molar-refractivity contribution in [1.29, 1.82) is 0 Å². The van der Waals surface area contributed by atoms with Crippen LogP contribution in [0.2, 0.25) is 0 Å². The van der Waals surface area contributed by atoms with Gasteiger partial charge in [0.05, 0.1) is 11.6 Å². The van der Waals surface area contributed by atoms with Crippen molar-refractivity contribution in [2.75, 3.05) is 23.7 Å². The number of benzene rings is 1. The molecule has 0 radical (unpaired) electrons. The molecule has 7 nitrogen and oxygen atoms in total. The number of hydrogen-bond acceptors (Lipinski definition) is 4. The molecular weight excluding hydrogens is 365 g/mol. The Labute approximate surface area is 163 Å². The van der Waals surface area contributed by atoms with Gasteiger partial charge in [-0.1, -0.05) is 6.58 Å². The normalized spacial score (nSPS) is 16.9. The predicted molar refractivity (Wildman–Crippen MR) is 104 cm³/mol. The molecule has 1 heterocycles. The zero-order chi connectivity index (χ0) is 20.9. The van der Waals surface area contributed by atoms with E-state index in [1.807, 2.05) is 0 Å². The average molecular weight is 391 g/mol. The van der Waals surface area contributed by atoms with Crippen LogP contribution < -0.4 is 10.6 Å². The Hall–Kier alpha value is -2.90. The quantitative estimate of drug-likeness (QED) is 0.769. The first-order chi connectivity index (χ1) is 13.1. The molecule has 1 aliphatic heterocycles. The van der Waals surface area contributed by atoms with Crippen LogP contribution in [0.3, 0.4) is 0 Å². The minimum atomic E-state index is -0.623. The molecule has 1 aliphatic rings. The Kier molecular flexibility index (Phi) is 6.77. The van der Waals surface area contributed by atoms with Crippen molar-refractivity contribution in [3.8, 4) is 0 Å². The number of likely N-dealkylation sites (tertiary alicyclic amines) is 1. The molecule has 1 saturated heterocycles. The molecule has 1 atom stereocenters. The van der Waals surface area contributed by atoms with Crippen LogP contribution in [0.4, 0.5) is 20.6 Å². The van der Waals surface area contributed by atoms with Gasteiger partial charge in [0, 0.05) is 18.8 Å². The van der Waals surface area contributed by atoms with Crippen molar-refractivity contribution in [2.45, 2.75) is 39.2 Å². The molecule has 3 amide bonds. The molecule has 1 fully saturated rings. The summed E-state index contributed by atoms with van der Waals surface area (Å²) in [6, 6.07) is 3.90. The fourth-order valence-electron chi connectivity index (χ4n) is 2.81. The highest BCUT2D eigenvalue weighted by molar-refractivity contribution is 6.00. The lowest BCUT2D eigenvalue weighted by atomic mass is 9.97. The van der Waals surface area contributed by atoms with Gasteiger partial charge < -0.3 is 20.3 Å². The van der Waals surface area contributed by atoms with Crippen molar-refractivity contribution >= 4 is 29.3 Å². The Morgan fingerprint density at radius 2 is 2.00 bits per heavy atom. The number of nitrogens with one attached hydrogen (secondary N) is 2. The smallest absolute Gasteiger partial charge is 0.410 e. The minimum Gasteiger partial charge on any atom is -0.444 e. The van der Waals surface area contributed by atoms with E-state index in [0.29, 0.717) is 25.1 Å². The van der Waals surface area contributed by atoms with Gasteiger partial charge in [0.25, 0.3) is 0 Å². The van der Waals surface area contributed by atoms with Gasteiger partial charge in [-0.05, 0) is 57.9 Å². The summed E-state index contributed by atoms with van der Waals surface area (Å²) >= 11 is 0. The first-order valence-electron chi connectivity index (χ1n) is 9.11. The number of anilines is 2. The molecule has 0 aromatic heterocycles.